The summed E-state index contributed by atoms with van der Waals surface area (Å²) in [5.41, 5.74) is 6.71. The summed E-state index contributed by atoms with van der Waals surface area (Å²) in [6, 6.07) is 8.78. The highest BCUT2D eigenvalue weighted by Crippen LogP contribution is 2.23. The van der Waals surface area contributed by atoms with E-state index in [4.69, 9.17) is 10.2 Å². The molecule has 2 N–H and O–H groups in total. The van der Waals surface area contributed by atoms with Gasteiger partial charge in [-0.15, -0.1) is 0 Å². The average molecular weight is 295 g/mol. The second-order valence-electron chi connectivity index (χ2n) is 5.11. The molecule has 0 fully saturated rings. The number of benzene rings is 1. The van der Waals surface area contributed by atoms with E-state index >= 15 is 0 Å². The topological polar surface area (TPSA) is 73.3 Å². The van der Waals surface area contributed by atoms with Gasteiger partial charge in [0.15, 0.2) is 9.84 Å². The Morgan fingerprint density at radius 2 is 2.00 bits per heavy atom. The first kappa shape index (κ1) is 15.1. The van der Waals surface area contributed by atoms with Crippen LogP contribution in [0.2, 0.25) is 0 Å². The van der Waals surface area contributed by atoms with Crippen LogP contribution in [0.15, 0.2) is 34.7 Å². The van der Waals surface area contributed by atoms with Gasteiger partial charge >= 0.3 is 0 Å². The van der Waals surface area contributed by atoms with Crippen molar-refractivity contribution in [2.24, 2.45) is 5.73 Å². The van der Waals surface area contributed by atoms with Crippen molar-refractivity contribution in [3.63, 3.8) is 0 Å². The van der Waals surface area contributed by atoms with Crippen molar-refractivity contribution < 1.29 is 12.8 Å². The molecule has 1 atom stereocenters. The number of unbranched alkanes of at least 4 members (excludes halogenated alkanes) is 2. The van der Waals surface area contributed by atoms with Crippen LogP contribution in [0.25, 0.3) is 11.0 Å². The van der Waals surface area contributed by atoms with E-state index in [-0.39, 0.29) is 11.5 Å². The largest absolute Gasteiger partial charge is 0.459 e. The van der Waals surface area contributed by atoms with E-state index in [0.717, 1.165) is 23.8 Å². The van der Waals surface area contributed by atoms with Gasteiger partial charge in [-0.1, -0.05) is 38.0 Å². The molecule has 0 bridgehead atoms. The maximum atomic E-state index is 12.0. The Balaban J connectivity index is 2.05. The predicted molar refractivity (Wildman–Crippen MR) is 81.3 cm³/mol. The van der Waals surface area contributed by atoms with Crippen LogP contribution in [0, 0.1) is 0 Å². The second kappa shape index (κ2) is 6.41. The molecule has 1 aromatic carbocycles. The summed E-state index contributed by atoms with van der Waals surface area (Å²) in [7, 11) is -3.12. The van der Waals surface area contributed by atoms with E-state index in [1.54, 1.807) is 0 Å². The van der Waals surface area contributed by atoms with Crippen molar-refractivity contribution in [1.82, 2.24) is 0 Å². The van der Waals surface area contributed by atoms with Gasteiger partial charge in [0.2, 0.25) is 0 Å². The van der Waals surface area contributed by atoms with E-state index in [9.17, 15) is 8.42 Å². The van der Waals surface area contributed by atoms with E-state index in [1.807, 2.05) is 37.3 Å². The van der Waals surface area contributed by atoms with Gasteiger partial charge in [0.1, 0.15) is 11.3 Å². The summed E-state index contributed by atoms with van der Waals surface area (Å²) >= 11 is 0. The molecular formula is C15H21NO3S. The van der Waals surface area contributed by atoms with Crippen LogP contribution < -0.4 is 5.73 Å². The maximum absolute atomic E-state index is 12.0. The van der Waals surface area contributed by atoms with Gasteiger partial charge in [-0.3, -0.25) is 0 Å². The minimum Gasteiger partial charge on any atom is -0.459 e. The zero-order chi connectivity index (χ0) is 14.6. The third-order valence-electron chi connectivity index (χ3n) is 3.30. The zero-order valence-electron chi connectivity index (χ0n) is 11.7. The third kappa shape index (κ3) is 3.84. The molecule has 2 aromatic rings. The number of rotatable bonds is 7. The maximum Gasteiger partial charge on any atom is 0.152 e. The first-order chi connectivity index (χ1) is 9.52. The smallest absolute Gasteiger partial charge is 0.152 e. The quantitative estimate of drug-likeness (QED) is 0.797. The van der Waals surface area contributed by atoms with Gasteiger partial charge in [0, 0.05) is 5.39 Å². The summed E-state index contributed by atoms with van der Waals surface area (Å²) < 4.78 is 29.6. The number of furan rings is 1. The number of fused-ring (bicyclic) bond motifs is 1. The lowest BCUT2D eigenvalue weighted by Crippen LogP contribution is -2.23. The number of sulfone groups is 1. The lowest BCUT2D eigenvalue weighted by atomic mass is 10.2. The highest BCUT2D eigenvalue weighted by Gasteiger charge is 2.20. The minimum absolute atomic E-state index is 0.0590. The van der Waals surface area contributed by atoms with Crippen LogP contribution in [0.4, 0.5) is 0 Å². The monoisotopic (exact) mass is 295 g/mol. The van der Waals surface area contributed by atoms with Crippen LogP contribution in [0.3, 0.4) is 0 Å². The van der Waals surface area contributed by atoms with E-state index in [0.29, 0.717) is 12.2 Å². The predicted octanol–water partition coefficient (Wildman–Crippen LogP) is 3.04. The molecule has 5 heteroatoms. The van der Waals surface area contributed by atoms with E-state index in [2.05, 4.69) is 0 Å². The SMILES string of the molecule is CCCCCS(=O)(=O)CC(N)c1cc2ccccc2o1. The molecule has 4 nitrogen and oxygen atoms in total. The van der Waals surface area contributed by atoms with Crippen molar-refractivity contribution in [1.29, 1.82) is 0 Å². The van der Waals surface area contributed by atoms with Crippen LogP contribution in [0.5, 0.6) is 0 Å². The molecule has 0 radical (unpaired) electrons. The minimum atomic E-state index is -3.12. The number of hydrogen-bond acceptors (Lipinski definition) is 4. The van der Waals surface area contributed by atoms with Crippen LogP contribution in [0.1, 0.15) is 38.0 Å². The lowest BCUT2D eigenvalue weighted by molar-refractivity contribution is 0.507. The zero-order valence-corrected chi connectivity index (χ0v) is 12.5. The molecule has 0 saturated carbocycles. The fraction of sp³-hybridized carbons (Fsp3) is 0.467. The third-order valence-corrected chi connectivity index (χ3v) is 5.08. The van der Waals surface area contributed by atoms with Gasteiger partial charge in [0.25, 0.3) is 0 Å². The summed E-state index contributed by atoms with van der Waals surface area (Å²) in [6.45, 7) is 2.05. The Hall–Kier alpha value is -1.33. The van der Waals surface area contributed by atoms with Crippen molar-refractivity contribution in [3.8, 4) is 0 Å². The lowest BCUT2D eigenvalue weighted by Gasteiger charge is -2.09. The Kier molecular flexibility index (Phi) is 4.83. The van der Waals surface area contributed by atoms with E-state index in [1.165, 1.54) is 0 Å². The molecule has 0 aliphatic rings. The highest BCUT2D eigenvalue weighted by atomic mass is 32.2. The Bertz CT molecular complexity index is 628. The van der Waals surface area contributed by atoms with Crippen molar-refractivity contribution in [2.75, 3.05) is 11.5 Å². The summed E-state index contributed by atoms with van der Waals surface area (Å²) in [5.74, 6) is 0.677. The molecule has 1 heterocycles. The van der Waals surface area contributed by atoms with Crippen molar-refractivity contribution >= 4 is 20.8 Å². The summed E-state index contributed by atoms with van der Waals surface area (Å²) in [6.07, 6.45) is 2.63. The molecule has 1 aromatic heterocycles. The number of hydrogen-bond donors (Lipinski definition) is 1. The molecule has 0 aliphatic heterocycles. The van der Waals surface area contributed by atoms with Crippen LogP contribution >= 0.6 is 0 Å². The van der Waals surface area contributed by atoms with Gasteiger partial charge in [-0.2, -0.15) is 0 Å². The number of para-hydroxylation sites is 1. The number of nitrogens with two attached hydrogens (primary N) is 1. The molecule has 0 amide bonds. The molecule has 110 valence electrons. The molecule has 20 heavy (non-hydrogen) atoms. The van der Waals surface area contributed by atoms with Gasteiger partial charge in [-0.25, -0.2) is 8.42 Å². The van der Waals surface area contributed by atoms with Gasteiger partial charge in [-0.05, 0) is 18.6 Å². The molecule has 1 unspecified atom stereocenters. The van der Waals surface area contributed by atoms with Crippen LogP contribution in [-0.2, 0) is 9.84 Å². The molecule has 2 rings (SSSR count). The molecule has 0 aliphatic carbocycles. The normalized spacial score (nSPS) is 13.7. The Morgan fingerprint density at radius 1 is 1.25 bits per heavy atom. The fourth-order valence-corrected chi connectivity index (χ4v) is 3.72. The summed E-state index contributed by atoms with van der Waals surface area (Å²) in [5, 5.41) is 0.946. The van der Waals surface area contributed by atoms with Crippen LogP contribution in [-0.4, -0.2) is 19.9 Å². The Labute approximate surface area is 119 Å². The molecular weight excluding hydrogens is 274 g/mol. The standard InChI is InChI=1S/C15H21NO3S/c1-2-3-6-9-20(17,18)11-13(16)15-10-12-7-4-5-8-14(12)19-15/h4-5,7-8,10,13H,2-3,6,9,11,16H2,1H3. The highest BCUT2D eigenvalue weighted by molar-refractivity contribution is 7.91. The molecule has 0 spiro atoms. The average Bonchev–Trinajstić information content (AvgIpc) is 2.82. The van der Waals surface area contributed by atoms with Gasteiger partial charge in [0.05, 0.1) is 17.5 Å². The fourth-order valence-electron chi connectivity index (χ4n) is 2.20. The van der Waals surface area contributed by atoms with E-state index < -0.39 is 15.9 Å². The first-order valence-electron chi connectivity index (χ1n) is 6.96. The molecule has 0 saturated heterocycles. The Morgan fingerprint density at radius 3 is 2.70 bits per heavy atom. The van der Waals surface area contributed by atoms with Crippen molar-refractivity contribution in [3.05, 3.63) is 36.1 Å². The summed E-state index contributed by atoms with van der Waals surface area (Å²) in [4.78, 5) is 0. The first-order valence-corrected chi connectivity index (χ1v) is 8.78. The second-order valence-corrected chi connectivity index (χ2v) is 7.34. The van der Waals surface area contributed by atoms with Gasteiger partial charge < -0.3 is 10.2 Å². The van der Waals surface area contributed by atoms with Crippen molar-refractivity contribution in [2.45, 2.75) is 32.2 Å².